The highest BCUT2D eigenvalue weighted by Gasteiger charge is 2.33. The maximum absolute atomic E-state index is 12.6. The maximum atomic E-state index is 12.6. The van der Waals surface area contributed by atoms with E-state index in [1.165, 1.54) is 0 Å². The largest absolute Gasteiger partial charge is 0.486 e. The van der Waals surface area contributed by atoms with Crippen LogP contribution < -0.4 is 10.1 Å². The van der Waals surface area contributed by atoms with Crippen molar-refractivity contribution in [3.8, 4) is 5.75 Å². The van der Waals surface area contributed by atoms with E-state index in [1.807, 2.05) is 0 Å². The van der Waals surface area contributed by atoms with Crippen LogP contribution in [0.1, 0.15) is 18.4 Å². The average Bonchev–Trinajstić information content (AvgIpc) is 2.45. The van der Waals surface area contributed by atoms with E-state index in [-0.39, 0.29) is 18.3 Å². The molecule has 1 fully saturated rings. The zero-order chi connectivity index (χ0) is 15.5. The quantitative estimate of drug-likeness (QED) is 0.686. The molecule has 2 rings (SSSR count). The van der Waals surface area contributed by atoms with Gasteiger partial charge in [0.2, 0.25) is 0 Å². The zero-order valence-corrected chi connectivity index (χ0v) is 11.2. The molecule has 0 unspecified atom stereocenters. The third kappa shape index (κ3) is 4.07. The first-order chi connectivity index (χ1) is 9.88. The summed E-state index contributed by atoms with van der Waals surface area (Å²) in [5, 5.41) is 14.1. The molecule has 0 radical (unpaired) electrons. The van der Waals surface area contributed by atoms with Crippen molar-refractivity contribution in [3.63, 3.8) is 0 Å². The first kappa shape index (κ1) is 15.6. The molecule has 0 saturated carbocycles. The molecule has 1 saturated heterocycles. The van der Waals surface area contributed by atoms with E-state index < -0.39 is 22.4 Å². The van der Waals surface area contributed by atoms with Crippen LogP contribution in [-0.2, 0) is 6.18 Å². The van der Waals surface area contributed by atoms with Crippen LogP contribution >= 0.6 is 0 Å². The number of piperidine rings is 1. The number of benzene rings is 1. The molecule has 1 atom stereocenters. The summed E-state index contributed by atoms with van der Waals surface area (Å²) in [6, 6.07) is 2.31. The van der Waals surface area contributed by atoms with Gasteiger partial charge in [0.25, 0.3) is 0 Å². The number of hydrogen-bond donors (Lipinski definition) is 1. The van der Waals surface area contributed by atoms with E-state index in [1.54, 1.807) is 0 Å². The summed E-state index contributed by atoms with van der Waals surface area (Å²) in [6.45, 7) is 1.92. The van der Waals surface area contributed by atoms with E-state index in [4.69, 9.17) is 4.74 Å². The fourth-order valence-electron chi connectivity index (χ4n) is 2.23. The second-order valence-corrected chi connectivity index (χ2v) is 4.96. The lowest BCUT2D eigenvalue weighted by atomic mass is 10.0. The highest BCUT2D eigenvalue weighted by Crippen LogP contribution is 2.36. The molecule has 5 nitrogen and oxygen atoms in total. The lowest BCUT2D eigenvalue weighted by Gasteiger charge is -2.22. The molecule has 0 bridgehead atoms. The maximum Gasteiger partial charge on any atom is 0.416 e. The van der Waals surface area contributed by atoms with Crippen molar-refractivity contribution in [2.24, 2.45) is 5.92 Å². The van der Waals surface area contributed by atoms with Crippen molar-refractivity contribution in [2.75, 3.05) is 19.7 Å². The first-order valence-electron chi connectivity index (χ1n) is 6.57. The molecule has 0 aliphatic carbocycles. The Hall–Kier alpha value is -1.83. The van der Waals surface area contributed by atoms with Crippen molar-refractivity contribution in [3.05, 3.63) is 33.9 Å². The van der Waals surface area contributed by atoms with Gasteiger partial charge >= 0.3 is 11.9 Å². The van der Waals surface area contributed by atoms with E-state index >= 15 is 0 Å². The monoisotopic (exact) mass is 304 g/mol. The zero-order valence-electron chi connectivity index (χ0n) is 11.2. The van der Waals surface area contributed by atoms with Crippen LogP contribution in [0.3, 0.4) is 0 Å². The predicted molar refractivity (Wildman–Crippen MR) is 69.2 cm³/mol. The number of ether oxygens (including phenoxy) is 1. The van der Waals surface area contributed by atoms with Gasteiger partial charge in [-0.3, -0.25) is 10.1 Å². The lowest BCUT2D eigenvalue weighted by molar-refractivity contribution is -0.386. The Morgan fingerprint density at radius 3 is 2.76 bits per heavy atom. The Morgan fingerprint density at radius 2 is 2.19 bits per heavy atom. The fourth-order valence-corrected chi connectivity index (χ4v) is 2.23. The van der Waals surface area contributed by atoms with Crippen LogP contribution in [0.2, 0.25) is 0 Å². The van der Waals surface area contributed by atoms with Gasteiger partial charge in [-0.25, -0.2) is 0 Å². The van der Waals surface area contributed by atoms with Gasteiger partial charge in [0, 0.05) is 18.5 Å². The summed E-state index contributed by atoms with van der Waals surface area (Å²) in [4.78, 5) is 10.0. The molecule has 116 valence electrons. The van der Waals surface area contributed by atoms with Crippen molar-refractivity contribution < 1.29 is 22.8 Å². The topological polar surface area (TPSA) is 64.4 Å². The summed E-state index contributed by atoms with van der Waals surface area (Å²) in [7, 11) is 0. The summed E-state index contributed by atoms with van der Waals surface area (Å²) in [5.41, 5.74) is -1.71. The number of nitro groups is 1. The molecule has 1 aromatic carbocycles. The highest BCUT2D eigenvalue weighted by atomic mass is 19.4. The van der Waals surface area contributed by atoms with E-state index in [0.717, 1.165) is 38.1 Å². The molecule has 1 N–H and O–H groups in total. The number of halogens is 3. The highest BCUT2D eigenvalue weighted by molar-refractivity contribution is 5.49. The molecular formula is C13H15F3N2O3. The Kier molecular flexibility index (Phi) is 4.66. The summed E-state index contributed by atoms with van der Waals surface area (Å²) < 4.78 is 43.1. The minimum Gasteiger partial charge on any atom is -0.486 e. The van der Waals surface area contributed by atoms with Crippen LogP contribution in [0, 0.1) is 16.0 Å². The molecule has 1 aliphatic heterocycles. The van der Waals surface area contributed by atoms with Gasteiger partial charge in [0.15, 0.2) is 5.75 Å². The molecule has 1 heterocycles. The Labute approximate surface area is 119 Å². The number of alkyl halides is 3. The van der Waals surface area contributed by atoms with Gasteiger partial charge in [-0.1, -0.05) is 0 Å². The number of nitrogens with zero attached hydrogens (tertiary/aromatic N) is 1. The van der Waals surface area contributed by atoms with Crippen LogP contribution in [0.15, 0.2) is 18.2 Å². The normalized spacial score (nSPS) is 19.3. The standard InChI is InChI=1S/C13H15F3N2O3/c14-13(15,16)10-3-4-12(11(6-10)18(19)20)21-8-9-2-1-5-17-7-9/h3-4,6,9,17H,1-2,5,7-8H2/t9-/m1/s1. The van der Waals surface area contributed by atoms with Gasteiger partial charge in [-0.05, 0) is 31.5 Å². The average molecular weight is 304 g/mol. The molecule has 8 heteroatoms. The lowest BCUT2D eigenvalue weighted by Crippen LogP contribution is -2.33. The third-order valence-electron chi connectivity index (χ3n) is 3.36. The molecule has 21 heavy (non-hydrogen) atoms. The van der Waals surface area contributed by atoms with Crippen LogP contribution in [0.5, 0.6) is 5.75 Å². The summed E-state index contributed by atoms with van der Waals surface area (Å²) >= 11 is 0. The molecule has 1 aliphatic rings. The van der Waals surface area contributed by atoms with Crippen LogP contribution in [0.4, 0.5) is 18.9 Å². The molecular weight excluding hydrogens is 289 g/mol. The number of hydrogen-bond acceptors (Lipinski definition) is 4. The smallest absolute Gasteiger partial charge is 0.416 e. The van der Waals surface area contributed by atoms with E-state index in [2.05, 4.69) is 5.32 Å². The minimum absolute atomic E-state index is 0.126. The number of nitro benzene ring substituents is 1. The van der Waals surface area contributed by atoms with Gasteiger partial charge in [-0.15, -0.1) is 0 Å². The summed E-state index contributed by atoms with van der Waals surface area (Å²) in [6.07, 6.45) is -2.69. The van der Waals surface area contributed by atoms with Crippen molar-refractivity contribution in [2.45, 2.75) is 19.0 Å². The van der Waals surface area contributed by atoms with Crippen LogP contribution in [-0.4, -0.2) is 24.6 Å². The van der Waals surface area contributed by atoms with Gasteiger partial charge in [0.05, 0.1) is 17.1 Å². The van der Waals surface area contributed by atoms with Crippen molar-refractivity contribution >= 4 is 5.69 Å². The fraction of sp³-hybridized carbons (Fsp3) is 0.538. The van der Waals surface area contributed by atoms with Crippen molar-refractivity contribution in [1.29, 1.82) is 0 Å². The molecule has 0 aromatic heterocycles. The molecule has 1 aromatic rings. The second kappa shape index (κ2) is 6.30. The number of rotatable bonds is 4. The third-order valence-corrected chi connectivity index (χ3v) is 3.36. The van der Waals surface area contributed by atoms with Crippen molar-refractivity contribution in [1.82, 2.24) is 5.32 Å². The Bertz CT molecular complexity index is 514. The summed E-state index contributed by atoms with van der Waals surface area (Å²) in [5.74, 6) is 0.0826. The van der Waals surface area contributed by atoms with E-state index in [0.29, 0.717) is 6.07 Å². The Morgan fingerprint density at radius 1 is 1.43 bits per heavy atom. The van der Waals surface area contributed by atoms with Crippen LogP contribution in [0.25, 0.3) is 0 Å². The number of nitrogens with one attached hydrogen (secondary N) is 1. The predicted octanol–water partition coefficient (Wildman–Crippen LogP) is 2.99. The minimum atomic E-state index is -4.61. The SMILES string of the molecule is O=[N+]([O-])c1cc(C(F)(F)F)ccc1OC[C@@H]1CCCNC1. The van der Waals surface area contributed by atoms with Gasteiger partial charge in [-0.2, -0.15) is 13.2 Å². The first-order valence-corrected chi connectivity index (χ1v) is 6.57. The molecule has 0 amide bonds. The van der Waals surface area contributed by atoms with E-state index in [9.17, 15) is 23.3 Å². The van der Waals surface area contributed by atoms with Gasteiger partial charge < -0.3 is 10.1 Å². The van der Waals surface area contributed by atoms with Gasteiger partial charge in [0.1, 0.15) is 0 Å². The Balaban J connectivity index is 2.12. The second-order valence-electron chi connectivity index (χ2n) is 4.96. The molecule has 0 spiro atoms.